The zero-order chi connectivity index (χ0) is 21.8. The van der Waals surface area contributed by atoms with E-state index in [1.54, 1.807) is 36.3 Å². The van der Waals surface area contributed by atoms with Crippen LogP contribution in [0.15, 0.2) is 48.5 Å². The highest BCUT2D eigenvalue weighted by Gasteiger charge is 2.41. The van der Waals surface area contributed by atoms with Crippen molar-refractivity contribution < 1.29 is 19.1 Å². The first-order chi connectivity index (χ1) is 15.1. The Kier molecular flexibility index (Phi) is 6.08. The quantitative estimate of drug-likeness (QED) is 0.761. The third kappa shape index (κ3) is 4.19. The number of nitriles is 1. The summed E-state index contributed by atoms with van der Waals surface area (Å²) in [6, 6.07) is 16.7. The highest BCUT2D eigenvalue weighted by molar-refractivity contribution is 5.95. The summed E-state index contributed by atoms with van der Waals surface area (Å²) in [5.41, 5.74) is 1.51. The van der Waals surface area contributed by atoms with E-state index in [9.17, 15) is 9.59 Å². The summed E-state index contributed by atoms with van der Waals surface area (Å²) in [6.07, 6.45) is 0.509. The van der Waals surface area contributed by atoms with Gasteiger partial charge in [-0.15, -0.1) is 0 Å². The van der Waals surface area contributed by atoms with Crippen LogP contribution in [0.5, 0.6) is 11.5 Å². The number of fused-ring (bicyclic) bond motifs is 3. The molecule has 2 aliphatic heterocycles. The van der Waals surface area contributed by atoms with Crippen LogP contribution in [0.4, 0.5) is 0 Å². The molecule has 2 aliphatic rings. The molecule has 31 heavy (non-hydrogen) atoms. The minimum atomic E-state index is -0.211. The first-order valence-corrected chi connectivity index (χ1v) is 10.4. The van der Waals surface area contributed by atoms with Crippen LogP contribution in [0.25, 0.3) is 0 Å². The molecule has 2 heterocycles. The Balaban J connectivity index is 1.70. The summed E-state index contributed by atoms with van der Waals surface area (Å²) in [5.74, 6) is 1.21. The van der Waals surface area contributed by atoms with Crippen LogP contribution in [0.3, 0.4) is 0 Å². The summed E-state index contributed by atoms with van der Waals surface area (Å²) in [5, 5.41) is 8.98. The number of hydrogen-bond acceptors (Lipinski definition) is 5. The second-order valence-corrected chi connectivity index (χ2v) is 7.78. The molecule has 160 valence electrons. The predicted molar refractivity (Wildman–Crippen MR) is 114 cm³/mol. The maximum Gasteiger partial charge on any atom is 0.254 e. The molecule has 1 fully saturated rings. The van der Waals surface area contributed by atoms with E-state index < -0.39 is 0 Å². The maximum absolute atomic E-state index is 13.6. The zero-order valence-electron chi connectivity index (χ0n) is 17.5. The third-order valence-corrected chi connectivity index (χ3v) is 5.94. The molecule has 0 unspecified atom stereocenters. The van der Waals surface area contributed by atoms with E-state index >= 15 is 0 Å². The van der Waals surface area contributed by atoms with Crippen molar-refractivity contribution >= 4 is 11.8 Å². The number of rotatable bonds is 4. The van der Waals surface area contributed by atoms with Gasteiger partial charge in [0.25, 0.3) is 5.91 Å². The molecular formula is C24H25N3O4. The van der Waals surface area contributed by atoms with Gasteiger partial charge in [-0.05, 0) is 30.3 Å². The predicted octanol–water partition coefficient (Wildman–Crippen LogP) is 3.03. The van der Waals surface area contributed by atoms with Crippen molar-refractivity contribution in [2.75, 3.05) is 33.4 Å². The van der Waals surface area contributed by atoms with Crippen molar-refractivity contribution in [3.63, 3.8) is 0 Å². The molecule has 0 spiro atoms. The van der Waals surface area contributed by atoms with Gasteiger partial charge in [0.15, 0.2) is 0 Å². The third-order valence-electron chi connectivity index (χ3n) is 5.94. The van der Waals surface area contributed by atoms with Gasteiger partial charge >= 0.3 is 0 Å². The number of hydrogen-bond donors (Lipinski definition) is 0. The van der Waals surface area contributed by atoms with Gasteiger partial charge in [-0.1, -0.05) is 18.2 Å². The minimum absolute atomic E-state index is 0.0416. The van der Waals surface area contributed by atoms with Crippen LogP contribution in [0.1, 0.15) is 34.8 Å². The fourth-order valence-electron chi connectivity index (χ4n) is 4.40. The van der Waals surface area contributed by atoms with E-state index in [0.717, 1.165) is 11.3 Å². The van der Waals surface area contributed by atoms with Gasteiger partial charge in [-0.25, -0.2) is 0 Å². The van der Waals surface area contributed by atoms with Crippen molar-refractivity contribution in [2.24, 2.45) is 5.92 Å². The van der Waals surface area contributed by atoms with Crippen molar-refractivity contribution in [3.8, 4) is 17.6 Å². The van der Waals surface area contributed by atoms with Crippen LogP contribution in [-0.4, -0.2) is 55.0 Å². The Labute approximate surface area is 181 Å². The lowest BCUT2D eigenvalue weighted by atomic mass is 9.87. The number of methoxy groups -OCH3 is 1. The summed E-state index contributed by atoms with van der Waals surface area (Å²) in [7, 11) is 1.59. The molecule has 4 rings (SSSR count). The van der Waals surface area contributed by atoms with Crippen molar-refractivity contribution in [1.29, 1.82) is 5.26 Å². The Morgan fingerprint density at radius 3 is 2.74 bits per heavy atom. The summed E-state index contributed by atoms with van der Waals surface area (Å²) in [4.78, 5) is 29.9. The highest BCUT2D eigenvalue weighted by atomic mass is 16.5. The number of ether oxygens (including phenoxy) is 2. The van der Waals surface area contributed by atoms with Crippen LogP contribution in [0.2, 0.25) is 0 Å². The first-order valence-electron chi connectivity index (χ1n) is 10.4. The second-order valence-electron chi connectivity index (χ2n) is 7.78. The SMILES string of the molecule is COc1ccc(C(=O)N2CCC(=O)N(CCC#N)C[C@H]3COc4ccccc4[C@H]32)cc1. The molecule has 2 atom stereocenters. The fourth-order valence-corrected chi connectivity index (χ4v) is 4.40. The van der Waals surface area contributed by atoms with Gasteiger partial charge in [-0.2, -0.15) is 5.26 Å². The van der Waals surface area contributed by atoms with Crippen LogP contribution in [-0.2, 0) is 4.79 Å². The van der Waals surface area contributed by atoms with E-state index in [1.165, 1.54) is 0 Å². The number of nitrogens with zero attached hydrogens (tertiary/aromatic N) is 3. The monoisotopic (exact) mass is 419 g/mol. The van der Waals surface area contributed by atoms with E-state index in [0.29, 0.717) is 37.6 Å². The van der Waals surface area contributed by atoms with E-state index in [4.69, 9.17) is 14.7 Å². The number of carbonyl (C=O) groups excluding carboxylic acids is 2. The Morgan fingerprint density at radius 1 is 1.23 bits per heavy atom. The van der Waals surface area contributed by atoms with Gasteiger partial charge in [0.2, 0.25) is 5.91 Å². The largest absolute Gasteiger partial charge is 0.497 e. The smallest absolute Gasteiger partial charge is 0.254 e. The van der Waals surface area contributed by atoms with Crippen LogP contribution < -0.4 is 9.47 Å². The number of para-hydroxylation sites is 1. The molecule has 0 bridgehead atoms. The molecule has 2 aromatic rings. The van der Waals surface area contributed by atoms with E-state index in [2.05, 4.69) is 6.07 Å². The average molecular weight is 419 g/mol. The number of amides is 2. The van der Waals surface area contributed by atoms with Crippen LogP contribution >= 0.6 is 0 Å². The summed E-state index contributed by atoms with van der Waals surface area (Å²) >= 11 is 0. The fraction of sp³-hybridized carbons (Fsp3) is 0.375. The summed E-state index contributed by atoms with van der Waals surface area (Å²) < 4.78 is 11.2. The lowest BCUT2D eigenvalue weighted by Gasteiger charge is -2.44. The lowest BCUT2D eigenvalue weighted by Crippen LogP contribution is -2.51. The van der Waals surface area contributed by atoms with Gasteiger partial charge < -0.3 is 19.3 Å². The van der Waals surface area contributed by atoms with Gasteiger partial charge in [-0.3, -0.25) is 9.59 Å². The van der Waals surface area contributed by atoms with Crippen LogP contribution in [0, 0.1) is 17.2 Å². The molecule has 0 radical (unpaired) electrons. The van der Waals surface area contributed by atoms with E-state index in [1.807, 2.05) is 29.2 Å². The Hall–Kier alpha value is -3.53. The number of carbonyl (C=O) groups is 2. The minimum Gasteiger partial charge on any atom is -0.497 e. The molecular weight excluding hydrogens is 394 g/mol. The molecule has 2 aromatic carbocycles. The second kappa shape index (κ2) is 9.09. The Morgan fingerprint density at radius 2 is 2.00 bits per heavy atom. The standard InChI is InChI=1S/C24H25N3O4/c1-30-19-9-7-17(8-10-19)24(29)27-14-11-22(28)26(13-4-12-25)15-18-16-31-21-6-3-2-5-20(21)23(18)27/h2-3,5-10,18,23H,4,11,13-16H2,1H3/t18-,23-/m0/s1. The van der Waals surface area contributed by atoms with Crippen molar-refractivity contribution in [3.05, 3.63) is 59.7 Å². The highest BCUT2D eigenvalue weighted by Crippen LogP contribution is 2.41. The average Bonchev–Trinajstić information content (AvgIpc) is 2.81. The molecule has 2 amide bonds. The molecule has 0 aromatic heterocycles. The van der Waals surface area contributed by atoms with Crippen molar-refractivity contribution in [1.82, 2.24) is 9.80 Å². The lowest BCUT2D eigenvalue weighted by molar-refractivity contribution is -0.134. The normalized spacial score (nSPS) is 20.5. The van der Waals surface area contributed by atoms with Gasteiger partial charge in [0, 0.05) is 43.1 Å². The van der Waals surface area contributed by atoms with Crippen molar-refractivity contribution in [2.45, 2.75) is 18.9 Å². The number of benzene rings is 2. The topological polar surface area (TPSA) is 82.9 Å². The molecule has 0 N–H and O–H groups in total. The molecule has 0 aliphatic carbocycles. The molecule has 7 nitrogen and oxygen atoms in total. The van der Waals surface area contributed by atoms with Gasteiger partial charge in [0.1, 0.15) is 11.5 Å². The zero-order valence-corrected chi connectivity index (χ0v) is 17.5. The van der Waals surface area contributed by atoms with Gasteiger partial charge in [0.05, 0.1) is 32.2 Å². The first kappa shape index (κ1) is 20.7. The molecule has 7 heteroatoms. The van der Waals surface area contributed by atoms with E-state index in [-0.39, 0.29) is 36.6 Å². The molecule has 0 saturated carbocycles. The molecule has 1 saturated heterocycles. The Bertz CT molecular complexity index is 999. The maximum atomic E-state index is 13.6. The summed E-state index contributed by atoms with van der Waals surface area (Å²) in [6.45, 7) is 1.56.